The van der Waals surface area contributed by atoms with Crippen molar-refractivity contribution in [1.29, 1.82) is 0 Å². The van der Waals surface area contributed by atoms with Gasteiger partial charge in [0.15, 0.2) is 5.96 Å². The lowest BCUT2D eigenvalue weighted by molar-refractivity contribution is -0.124. The predicted molar refractivity (Wildman–Crippen MR) is 99.4 cm³/mol. The number of imide groups is 1. The maximum absolute atomic E-state index is 11.4. The molecule has 130 valence electrons. The van der Waals surface area contributed by atoms with Crippen molar-refractivity contribution in [3.8, 4) is 5.75 Å². The number of nitrogens with zero attached hydrogens (tertiary/aromatic N) is 2. The summed E-state index contributed by atoms with van der Waals surface area (Å²) < 4.78 is 5.60. The van der Waals surface area contributed by atoms with E-state index >= 15 is 0 Å². The molecule has 9 heteroatoms. The number of hydrogen-bond acceptors (Lipinski definition) is 4. The number of guanidine groups is 1. The van der Waals surface area contributed by atoms with Gasteiger partial charge in [-0.15, -0.1) is 24.0 Å². The average molecular weight is 445 g/mol. The van der Waals surface area contributed by atoms with E-state index in [2.05, 4.69) is 15.6 Å². The molecule has 2 aliphatic rings. The van der Waals surface area contributed by atoms with Gasteiger partial charge in [0.1, 0.15) is 5.75 Å². The summed E-state index contributed by atoms with van der Waals surface area (Å²) in [4.78, 5) is 28.2. The normalized spacial score (nSPS) is 19.9. The minimum absolute atomic E-state index is 0. The van der Waals surface area contributed by atoms with Gasteiger partial charge in [-0.3, -0.25) is 14.7 Å². The number of carbonyl (C=O) groups excluding carboxylic acids is 2. The van der Waals surface area contributed by atoms with Crippen LogP contribution < -0.4 is 21.1 Å². The second kappa shape index (κ2) is 8.18. The Hall–Kier alpha value is -2.04. The summed E-state index contributed by atoms with van der Waals surface area (Å²) in [7, 11) is 0. The molecule has 1 unspecified atom stereocenters. The number of urea groups is 1. The van der Waals surface area contributed by atoms with E-state index in [1.807, 2.05) is 24.3 Å². The molecule has 8 nitrogen and oxygen atoms in total. The molecule has 0 aromatic heterocycles. The molecule has 1 atom stereocenters. The Morgan fingerprint density at radius 3 is 2.96 bits per heavy atom. The first-order valence-corrected chi connectivity index (χ1v) is 7.51. The zero-order valence-electron chi connectivity index (χ0n) is 13.0. The highest BCUT2D eigenvalue weighted by molar-refractivity contribution is 14.0. The van der Waals surface area contributed by atoms with Gasteiger partial charge in [-0.1, -0.05) is 18.2 Å². The maximum Gasteiger partial charge on any atom is 0.324 e. The van der Waals surface area contributed by atoms with Crippen LogP contribution in [0.15, 0.2) is 29.3 Å². The third-order valence-electron chi connectivity index (χ3n) is 3.82. The number of hydrogen-bond donors (Lipinski definition) is 3. The second-order valence-corrected chi connectivity index (χ2v) is 5.34. The summed E-state index contributed by atoms with van der Waals surface area (Å²) in [5.74, 6) is 0.900. The van der Waals surface area contributed by atoms with Gasteiger partial charge in [0, 0.05) is 12.0 Å². The fourth-order valence-electron chi connectivity index (χ4n) is 2.67. The van der Waals surface area contributed by atoms with Gasteiger partial charge in [0.25, 0.3) is 0 Å². The summed E-state index contributed by atoms with van der Waals surface area (Å²) in [6.07, 6.45) is 0.792. The van der Waals surface area contributed by atoms with Crippen molar-refractivity contribution in [3.63, 3.8) is 0 Å². The first-order chi connectivity index (χ1) is 11.1. The second-order valence-electron chi connectivity index (χ2n) is 5.34. The summed E-state index contributed by atoms with van der Waals surface area (Å²) >= 11 is 0. The lowest BCUT2D eigenvalue weighted by Gasteiger charge is -2.27. The standard InChI is InChI=1S/C15H19N5O3.HI/c16-14(17-6-7-20-13(21)9-18-15(20)22)19-11-5-8-23-12-4-2-1-3-10(11)12;/h1-4,11H,5-9H2,(H,18,22)(H3,16,17,19);1H. The maximum atomic E-state index is 11.4. The fraction of sp³-hybridized carbons (Fsp3) is 0.400. The number of para-hydroxylation sites is 1. The number of ether oxygens (including phenoxy) is 1. The average Bonchev–Trinajstić information content (AvgIpc) is 2.87. The number of nitrogens with two attached hydrogens (primary N) is 1. The Labute approximate surface area is 156 Å². The molecule has 0 aliphatic carbocycles. The third-order valence-corrected chi connectivity index (χ3v) is 3.82. The van der Waals surface area contributed by atoms with Crippen LogP contribution in [0.4, 0.5) is 4.79 Å². The van der Waals surface area contributed by atoms with E-state index in [1.165, 1.54) is 0 Å². The Kier molecular flexibility index (Phi) is 6.23. The van der Waals surface area contributed by atoms with Crippen LogP contribution in [0.25, 0.3) is 0 Å². The van der Waals surface area contributed by atoms with Crippen LogP contribution in [-0.2, 0) is 4.79 Å². The van der Waals surface area contributed by atoms with Crippen molar-refractivity contribution >= 4 is 41.9 Å². The zero-order valence-corrected chi connectivity index (χ0v) is 15.4. The van der Waals surface area contributed by atoms with E-state index in [-0.39, 0.29) is 61.6 Å². The van der Waals surface area contributed by atoms with Gasteiger partial charge < -0.3 is 21.1 Å². The van der Waals surface area contributed by atoms with Crippen LogP contribution in [0.1, 0.15) is 18.0 Å². The third kappa shape index (κ3) is 4.08. The first-order valence-electron chi connectivity index (χ1n) is 7.51. The smallest absolute Gasteiger partial charge is 0.324 e. The van der Waals surface area contributed by atoms with E-state index in [1.54, 1.807) is 0 Å². The van der Waals surface area contributed by atoms with Crippen molar-refractivity contribution in [2.75, 3.05) is 26.2 Å². The van der Waals surface area contributed by atoms with Crippen molar-refractivity contribution in [2.45, 2.75) is 12.5 Å². The lowest BCUT2D eigenvalue weighted by Crippen LogP contribution is -2.38. The summed E-state index contributed by atoms with van der Waals surface area (Å²) in [6.45, 7) is 1.15. The summed E-state index contributed by atoms with van der Waals surface area (Å²) in [5.41, 5.74) is 6.96. The van der Waals surface area contributed by atoms with E-state index in [0.29, 0.717) is 12.6 Å². The Morgan fingerprint density at radius 1 is 1.42 bits per heavy atom. The van der Waals surface area contributed by atoms with Gasteiger partial charge in [-0.25, -0.2) is 4.79 Å². The Balaban J connectivity index is 0.00000208. The van der Waals surface area contributed by atoms with E-state index < -0.39 is 0 Å². The van der Waals surface area contributed by atoms with Crippen LogP contribution in [0.3, 0.4) is 0 Å². The van der Waals surface area contributed by atoms with Crippen molar-refractivity contribution in [2.24, 2.45) is 10.7 Å². The molecule has 2 aliphatic heterocycles. The fourth-order valence-corrected chi connectivity index (χ4v) is 2.67. The summed E-state index contributed by atoms with van der Waals surface area (Å²) in [6, 6.07) is 7.46. The Bertz CT molecular complexity index is 636. The van der Waals surface area contributed by atoms with Gasteiger partial charge >= 0.3 is 6.03 Å². The highest BCUT2D eigenvalue weighted by Crippen LogP contribution is 2.31. The van der Waals surface area contributed by atoms with Crippen molar-refractivity contribution < 1.29 is 14.3 Å². The van der Waals surface area contributed by atoms with E-state index in [9.17, 15) is 9.59 Å². The molecule has 0 radical (unpaired) electrons. The molecule has 0 spiro atoms. The van der Waals surface area contributed by atoms with Crippen LogP contribution in [0.5, 0.6) is 5.75 Å². The van der Waals surface area contributed by atoms with Crippen LogP contribution in [-0.4, -0.2) is 49.0 Å². The molecule has 1 fully saturated rings. The molecule has 3 amide bonds. The van der Waals surface area contributed by atoms with E-state index in [4.69, 9.17) is 10.5 Å². The van der Waals surface area contributed by atoms with E-state index in [0.717, 1.165) is 22.6 Å². The SMILES string of the molecule is I.NC(=NCCN1C(=O)CNC1=O)NC1CCOc2ccccc21. The number of amides is 3. The molecule has 0 bridgehead atoms. The largest absolute Gasteiger partial charge is 0.493 e. The quantitative estimate of drug-likeness (QED) is 0.272. The molecule has 4 N–H and O–H groups in total. The molecule has 1 aromatic rings. The number of fused-ring (bicyclic) bond motifs is 1. The van der Waals surface area contributed by atoms with Crippen molar-refractivity contribution in [3.05, 3.63) is 29.8 Å². The zero-order chi connectivity index (χ0) is 16.2. The lowest BCUT2D eigenvalue weighted by atomic mass is 10.0. The number of aliphatic imine (C=N–C) groups is 1. The van der Waals surface area contributed by atoms with Gasteiger partial charge in [-0.2, -0.15) is 0 Å². The predicted octanol–water partition coefficient (Wildman–Crippen LogP) is 0.584. The molecule has 3 rings (SSSR count). The Morgan fingerprint density at radius 2 is 2.21 bits per heavy atom. The number of carbonyl (C=O) groups is 2. The van der Waals surface area contributed by atoms with Gasteiger partial charge in [-0.05, 0) is 6.07 Å². The van der Waals surface area contributed by atoms with Gasteiger partial charge in [0.2, 0.25) is 5.91 Å². The summed E-state index contributed by atoms with van der Waals surface area (Å²) in [5, 5.41) is 5.63. The van der Waals surface area contributed by atoms with Crippen LogP contribution in [0, 0.1) is 0 Å². The molecule has 0 saturated carbocycles. The minimum Gasteiger partial charge on any atom is -0.493 e. The molecule has 1 saturated heterocycles. The highest BCUT2D eigenvalue weighted by Gasteiger charge is 2.27. The number of nitrogens with one attached hydrogen (secondary N) is 2. The minimum atomic E-state index is -0.380. The molecule has 24 heavy (non-hydrogen) atoms. The molecule has 2 heterocycles. The number of rotatable bonds is 4. The molecular weight excluding hydrogens is 425 g/mol. The molecular formula is C15H20IN5O3. The monoisotopic (exact) mass is 445 g/mol. The topological polar surface area (TPSA) is 109 Å². The molecule has 1 aromatic carbocycles. The number of benzene rings is 1. The van der Waals surface area contributed by atoms with Crippen LogP contribution >= 0.6 is 24.0 Å². The van der Waals surface area contributed by atoms with Gasteiger partial charge in [0.05, 0.1) is 32.3 Å². The van der Waals surface area contributed by atoms with Crippen molar-refractivity contribution in [1.82, 2.24) is 15.5 Å². The number of halogens is 1. The highest BCUT2D eigenvalue weighted by atomic mass is 127. The first kappa shape index (κ1) is 18.3. The van der Waals surface area contributed by atoms with Crippen LogP contribution in [0.2, 0.25) is 0 Å².